The molecular weight excluding hydrogens is 294 g/mol. The van der Waals surface area contributed by atoms with E-state index >= 15 is 0 Å². The molecule has 5 nitrogen and oxygen atoms in total. The first-order valence-corrected chi connectivity index (χ1v) is 6.95. The van der Waals surface area contributed by atoms with Gasteiger partial charge in [0.15, 0.2) is 0 Å². The first kappa shape index (κ1) is 14.7. The second-order valence-corrected chi connectivity index (χ2v) is 5.00. The van der Waals surface area contributed by atoms with Crippen LogP contribution < -0.4 is 5.32 Å². The molecule has 1 heterocycles. The van der Waals surface area contributed by atoms with E-state index in [2.05, 4.69) is 10.1 Å². The molecule has 0 bridgehead atoms. The Labute approximate surface area is 132 Å². The Morgan fingerprint density at radius 1 is 0.957 bits per heavy atom. The van der Waals surface area contributed by atoms with Crippen LogP contribution in [-0.4, -0.2) is 24.9 Å². The zero-order chi connectivity index (χ0) is 16.4. The Kier molecular flexibility index (Phi) is 3.76. The summed E-state index contributed by atoms with van der Waals surface area (Å²) < 4.78 is 4.65. The van der Waals surface area contributed by atoms with Gasteiger partial charge in [-0.25, -0.2) is 4.79 Å². The van der Waals surface area contributed by atoms with Crippen molar-refractivity contribution in [3.63, 3.8) is 0 Å². The van der Waals surface area contributed by atoms with Gasteiger partial charge in [0.05, 0.1) is 12.7 Å². The molecule has 0 saturated carbocycles. The predicted molar refractivity (Wildman–Crippen MR) is 84.6 cm³/mol. The first-order valence-electron chi connectivity index (χ1n) is 6.95. The lowest BCUT2D eigenvalue weighted by Crippen LogP contribution is -2.36. The van der Waals surface area contributed by atoms with Gasteiger partial charge in [-0.05, 0) is 35.4 Å². The van der Waals surface area contributed by atoms with Gasteiger partial charge in [0.2, 0.25) is 0 Å². The Bertz CT molecular complexity index is 834. The summed E-state index contributed by atoms with van der Waals surface area (Å²) in [6, 6.07) is 13.6. The summed E-state index contributed by atoms with van der Waals surface area (Å²) in [6.45, 7) is 0. The number of methoxy groups -OCH3 is 1. The lowest BCUT2D eigenvalue weighted by Gasteiger charge is -2.18. The van der Waals surface area contributed by atoms with E-state index in [1.54, 1.807) is 54.6 Å². The quantitative estimate of drug-likeness (QED) is 0.525. The number of amides is 2. The summed E-state index contributed by atoms with van der Waals surface area (Å²) in [6.07, 6.45) is 1.68. The van der Waals surface area contributed by atoms with Crippen LogP contribution >= 0.6 is 0 Å². The van der Waals surface area contributed by atoms with E-state index in [-0.39, 0.29) is 0 Å². The number of benzene rings is 2. The van der Waals surface area contributed by atoms with Crippen LogP contribution in [-0.2, 0) is 9.53 Å². The Hall–Kier alpha value is -3.21. The van der Waals surface area contributed by atoms with Gasteiger partial charge >= 0.3 is 5.97 Å². The molecule has 2 amide bonds. The third-order valence-electron chi connectivity index (χ3n) is 3.58. The monoisotopic (exact) mass is 307 g/mol. The van der Waals surface area contributed by atoms with E-state index < -0.39 is 17.8 Å². The maximum Gasteiger partial charge on any atom is 0.337 e. The van der Waals surface area contributed by atoms with Gasteiger partial charge in [0.25, 0.3) is 11.8 Å². The van der Waals surface area contributed by atoms with E-state index in [0.717, 1.165) is 5.56 Å². The van der Waals surface area contributed by atoms with Crippen LogP contribution in [0.3, 0.4) is 0 Å². The molecule has 0 aromatic heterocycles. The van der Waals surface area contributed by atoms with Crippen LogP contribution in [0.1, 0.15) is 31.8 Å². The summed E-state index contributed by atoms with van der Waals surface area (Å²) in [4.78, 5) is 35.4. The second-order valence-electron chi connectivity index (χ2n) is 5.00. The van der Waals surface area contributed by atoms with Crippen LogP contribution in [0.25, 0.3) is 11.6 Å². The number of esters is 1. The number of hydrogen-bond donors (Lipinski definition) is 1. The number of fused-ring (bicyclic) bond motifs is 1. The van der Waals surface area contributed by atoms with E-state index in [9.17, 15) is 14.4 Å². The van der Waals surface area contributed by atoms with E-state index in [1.807, 2.05) is 0 Å². The van der Waals surface area contributed by atoms with Crippen molar-refractivity contribution < 1.29 is 19.1 Å². The minimum absolute atomic E-state index is 0.399. The van der Waals surface area contributed by atoms with Gasteiger partial charge in [-0.3, -0.25) is 14.9 Å². The average Bonchev–Trinajstić information content (AvgIpc) is 2.58. The number of ether oxygens (including phenoxy) is 1. The highest BCUT2D eigenvalue weighted by Crippen LogP contribution is 2.26. The zero-order valence-electron chi connectivity index (χ0n) is 12.3. The summed E-state index contributed by atoms with van der Waals surface area (Å²) >= 11 is 0. The first-order chi connectivity index (χ1) is 11.1. The van der Waals surface area contributed by atoms with Gasteiger partial charge in [-0.15, -0.1) is 0 Å². The van der Waals surface area contributed by atoms with Gasteiger partial charge in [0, 0.05) is 11.1 Å². The highest BCUT2D eigenvalue weighted by molar-refractivity contribution is 6.33. The largest absolute Gasteiger partial charge is 0.465 e. The lowest BCUT2D eigenvalue weighted by molar-refractivity contribution is -0.114. The molecule has 0 unspecified atom stereocenters. The fourth-order valence-electron chi connectivity index (χ4n) is 2.42. The summed E-state index contributed by atoms with van der Waals surface area (Å²) in [5.74, 6) is -1.26. The van der Waals surface area contributed by atoms with Gasteiger partial charge in [-0.2, -0.15) is 0 Å². The Balaban J connectivity index is 2.02. The Morgan fingerprint density at radius 2 is 1.61 bits per heavy atom. The molecule has 0 aliphatic carbocycles. The van der Waals surface area contributed by atoms with Gasteiger partial charge < -0.3 is 4.74 Å². The van der Waals surface area contributed by atoms with Gasteiger partial charge in [0.1, 0.15) is 0 Å². The zero-order valence-corrected chi connectivity index (χ0v) is 12.3. The van der Waals surface area contributed by atoms with Crippen molar-refractivity contribution in [2.24, 2.45) is 0 Å². The molecule has 1 N–H and O–H groups in total. The Morgan fingerprint density at radius 3 is 2.26 bits per heavy atom. The minimum Gasteiger partial charge on any atom is -0.465 e. The smallest absolute Gasteiger partial charge is 0.337 e. The summed E-state index contributed by atoms with van der Waals surface area (Å²) in [5.41, 5.74) is 2.64. The molecule has 5 heteroatoms. The summed E-state index contributed by atoms with van der Waals surface area (Å²) in [7, 11) is 1.32. The minimum atomic E-state index is -0.439. The average molecular weight is 307 g/mol. The fraction of sp³-hybridized carbons (Fsp3) is 0.0556. The maximum absolute atomic E-state index is 12.1. The van der Waals surface area contributed by atoms with Crippen LogP contribution in [0, 0.1) is 0 Å². The van der Waals surface area contributed by atoms with Crippen molar-refractivity contribution in [3.8, 4) is 0 Å². The number of nitrogens with one attached hydrogen (secondary N) is 1. The molecule has 1 aliphatic heterocycles. The van der Waals surface area contributed by atoms with Crippen molar-refractivity contribution in [1.82, 2.24) is 5.32 Å². The third kappa shape index (κ3) is 2.76. The number of imide groups is 1. The lowest BCUT2D eigenvalue weighted by atomic mass is 9.93. The molecule has 0 spiro atoms. The molecule has 114 valence electrons. The van der Waals surface area contributed by atoms with Crippen molar-refractivity contribution in [3.05, 3.63) is 70.8 Å². The molecule has 0 radical (unpaired) electrons. The highest BCUT2D eigenvalue weighted by Gasteiger charge is 2.26. The molecule has 23 heavy (non-hydrogen) atoms. The molecule has 0 atom stereocenters. The number of rotatable bonds is 2. The van der Waals surface area contributed by atoms with Crippen LogP contribution in [0.4, 0.5) is 0 Å². The SMILES string of the molecule is COC(=O)c1ccc(/C=C2\C(=O)NC(=O)c3ccccc32)cc1. The topological polar surface area (TPSA) is 72.5 Å². The van der Waals surface area contributed by atoms with Crippen molar-refractivity contribution in [2.45, 2.75) is 0 Å². The number of carbonyl (C=O) groups excluding carboxylic acids is 3. The number of carbonyl (C=O) groups is 3. The second kappa shape index (κ2) is 5.88. The van der Waals surface area contributed by atoms with E-state index in [4.69, 9.17) is 0 Å². The highest BCUT2D eigenvalue weighted by atomic mass is 16.5. The van der Waals surface area contributed by atoms with Crippen LogP contribution in [0.15, 0.2) is 48.5 Å². The van der Waals surface area contributed by atoms with E-state index in [1.165, 1.54) is 7.11 Å². The molecular formula is C18H13NO4. The van der Waals surface area contributed by atoms with Crippen LogP contribution in [0.2, 0.25) is 0 Å². The molecule has 1 aliphatic rings. The summed E-state index contributed by atoms with van der Waals surface area (Å²) in [5, 5.41) is 2.32. The normalized spacial score (nSPS) is 15.1. The molecule has 2 aromatic carbocycles. The molecule has 0 saturated heterocycles. The standard InChI is InChI=1S/C18H13NO4/c1-23-18(22)12-8-6-11(7-9-12)10-15-13-4-2-3-5-14(13)16(20)19-17(15)21/h2-10H,1H3,(H,19,20,21)/b15-10-. The molecule has 2 aromatic rings. The molecule has 3 rings (SSSR count). The molecule has 0 fully saturated rings. The predicted octanol–water partition coefficient (Wildman–Crippen LogP) is 2.28. The number of hydrogen-bond acceptors (Lipinski definition) is 4. The van der Waals surface area contributed by atoms with Crippen molar-refractivity contribution in [2.75, 3.05) is 7.11 Å². The maximum atomic E-state index is 12.1. The van der Waals surface area contributed by atoms with Crippen molar-refractivity contribution >= 4 is 29.4 Å². The fourth-order valence-corrected chi connectivity index (χ4v) is 2.42. The van der Waals surface area contributed by atoms with E-state index in [0.29, 0.717) is 22.3 Å². The van der Waals surface area contributed by atoms with Crippen molar-refractivity contribution in [1.29, 1.82) is 0 Å². The third-order valence-corrected chi connectivity index (χ3v) is 3.58. The van der Waals surface area contributed by atoms with Gasteiger partial charge in [-0.1, -0.05) is 30.3 Å². The van der Waals surface area contributed by atoms with Crippen LogP contribution in [0.5, 0.6) is 0 Å².